The third-order valence-corrected chi connectivity index (χ3v) is 4.01. The average molecular weight is 284 g/mol. The van der Waals surface area contributed by atoms with Gasteiger partial charge in [0, 0.05) is 25.0 Å². The molecule has 0 unspecified atom stereocenters. The molecular formula is C18H24N2O. The van der Waals surface area contributed by atoms with Gasteiger partial charge in [-0.05, 0) is 18.4 Å². The standard InChI is InChI=1S/C18H24N2O/c1-3-12-20(13-4-2)14-17(21)19-15-18(10-11-18)16-8-6-5-7-9-16/h3-9H,1-2,10-15H2,(H,19,21). The Morgan fingerprint density at radius 1 is 1.19 bits per heavy atom. The van der Waals surface area contributed by atoms with E-state index in [2.05, 4.69) is 42.7 Å². The third-order valence-electron chi connectivity index (χ3n) is 4.01. The quantitative estimate of drug-likeness (QED) is 0.707. The van der Waals surface area contributed by atoms with Crippen molar-refractivity contribution in [1.29, 1.82) is 0 Å². The summed E-state index contributed by atoms with van der Waals surface area (Å²) in [6.45, 7) is 9.95. The number of nitrogens with one attached hydrogen (secondary N) is 1. The fourth-order valence-corrected chi connectivity index (χ4v) is 2.61. The van der Waals surface area contributed by atoms with E-state index in [1.807, 2.05) is 23.1 Å². The van der Waals surface area contributed by atoms with Crippen molar-refractivity contribution in [2.45, 2.75) is 18.3 Å². The Kier molecular flexibility index (Phi) is 5.34. The zero-order valence-electron chi connectivity index (χ0n) is 12.6. The molecule has 0 saturated heterocycles. The van der Waals surface area contributed by atoms with Gasteiger partial charge in [-0.15, -0.1) is 13.2 Å². The van der Waals surface area contributed by atoms with E-state index in [1.54, 1.807) is 0 Å². The summed E-state index contributed by atoms with van der Waals surface area (Å²) in [6, 6.07) is 10.5. The predicted molar refractivity (Wildman–Crippen MR) is 87.2 cm³/mol. The van der Waals surface area contributed by atoms with Crippen LogP contribution >= 0.6 is 0 Å². The lowest BCUT2D eigenvalue weighted by Crippen LogP contribution is -2.40. The van der Waals surface area contributed by atoms with E-state index < -0.39 is 0 Å². The maximum atomic E-state index is 12.1. The Labute approximate surface area is 127 Å². The van der Waals surface area contributed by atoms with Crippen molar-refractivity contribution < 1.29 is 4.79 Å². The van der Waals surface area contributed by atoms with Crippen LogP contribution in [0.5, 0.6) is 0 Å². The molecule has 1 saturated carbocycles. The van der Waals surface area contributed by atoms with Gasteiger partial charge in [0.25, 0.3) is 0 Å². The molecule has 0 aliphatic heterocycles. The van der Waals surface area contributed by atoms with Gasteiger partial charge in [0.05, 0.1) is 6.54 Å². The first kappa shape index (κ1) is 15.5. The van der Waals surface area contributed by atoms with Crippen LogP contribution in [0.1, 0.15) is 18.4 Å². The van der Waals surface area contributed by atoms with Crippen LogP contribution in [-0.2, 0) is 10.2 Å². The summed E-state index contributed by atoms with van der Waals surface area (Å²) in [4.78, 5) is 14.1. The second-order valence-electron chi connectivity index (χ2n) is 5.69. The molecule has 3 heteroatoms. The summed E-state index contributed by atoms with van der Waals surface area (Å²) in [6.07, 6.45) is 5.92. The predicted octanol–water partition coefficient (Wildman–Crippen LogP) is 2.51. The number of hydrogen-bond donors (Lipinski definition) is 1. The van der Waals surface area contributed by atoms with E-state index in [9.17, 15) is 4.79 Å². The Morgan fingerprint density at radius 2 is 1.81 bits per heavy atom. The van der Waals surface area contributed by atoms with Crippen LogP contribution in [0.2, 0.25) is 0 Å². The first-order valence-corrected chi connectivity index (χ1v) is 7.46. The summed E-state index contributed by atoms with van der Waals surface area (Å²) < 4.78 is 0. The van der Waals surface area contributed by atoms with Crippen molar-refractivity contribution in [2.24, 2.45) is 0 Å². The van der Waals surface area contributed by atoms with Crippen LogP contribution in [0.3, 0.4) is 0 Å². The fraction of sp³-hybridized carbons (Fsp3) is 0.389. The molecule has 0 heterocycles. The molecule has 1 aromatic carbocycles. The second-order valence-corrected chi connectivity index (χ2v) is 5.69. The minimum Gasteiger partial charge on any atom is -0.354 e. The maximum Gasteiger partial charge on any atom is 0.234 e. The lowest BCUT2D eigenvalue weighted by molar-refractivity contribution is -0.122. The zero-order chi connectivity index (χ0) is 15.1. The van der Waals surface area contributed by atoms with E-state index in [0.29, 0.717) is 19.6 Å². The van der Waals surface area contributed by atoms with Gasteiger partial charge in [-0.3, -0.25) is 9.69 Å². The molecule has 3 nitrogen and oxygen atoms in total. The van der Waals surface area contributed by atoms with Crippen LogP contribution in [-0.4, -0.2) is 37.0 Å². The van der Waals surface area contributed by atoms with E-state index in [4.69, 9.17) is 0 Å². The van der Waals surface area contributed by atoms with Gasteiger partial charge in [0.1, 0.15) is 0 Å². The SMILES string of the molecule is C=CCN(CC=C)CC(=O)NCC1(c2ccccc2)CC1. The minimum atomic E-state index is 0.0703. The van der Waals surface area contributed by atoms with Gasteiger partial charge in [-0.2, -0.15) is 0 Å². The van der Waals surface area contributed by atoms with Gasteiger partial charge < -0.3 is 5.32 Å². The van der Waals surface area contributed by atoms with Crippen molar-refractivity contribution in [3.63, 3.8) is 0 Å². The van der Waals surface area contributed by atoms with Crippen LogP contribution in [0.4, 0.5) is 0 Å². The van der Waals surface area contributed by atoms with Crippen LogP contribution in [0, 0.1) is 0 Å². The highest BCUT2D eigenvalue weighted by molar-refractivity contribution is 5.78. The van der Waals surface area contributed by atoms with Gasteiger partial charge in [0.2, 0.25) is 5.91 Å². The Balaban J connectivity index is 1.84. The number of benzene rings is 1. The highest BCUT2D eigenvalue weighted by Crippen LogP contribution is 2.47. The summed E-state index contributed by atoms with van der Waals surface area (Å²) in [5.41, 5.74) is 1.50. The molecule has 1 amide bonds. The normalized spacial score (nSPS) is 15.5. The van der Waals surface area contributed by atoms with Crippen molar-refractivity contribution in [3.8, 4) is 0 Å². The van der Waals surface area contributed by atoms with Gasteiger partial charge in [-0.25, -0.2) is 0 Å². The number of hydrogen-bond acceptors (Lipinski definition) is 2. The van der Waals surface area contributed by atoms with Crippen molar-refractivity contribution in [2.75, 3.05) is 26.2 Å². The molecule has 1 aromatic rings. The molecule has 0 aromatic heterocycles. The molecule has 21 heavy (non-hydrogen) atoms. The van der Waals surface area contributed by atoms with E-state index in [-0.39, 0.29) is 11.3 Å². The molecular weight excluding hydrogens is 260 g/mol. The Morgan fingerprint density at radius 3 is 2.33 bits per heavy atom. The van der Waals surface area contributed by atoms with Gasteiger partial charge >= 0.3 is 0 Å². The van der Waals surface area contributed by atoms with E-state index in [0.717, 1.165) is 19.4 Å². The molecule has 1 fully saturated rings. The van der Waals surface area contributed by atoms with E-state index >= 15 is 0 Å². The van der Waals surface area contributed by atoms with Gasteiger partial charge in [0.15, 0.2) is 0 Å². The van der Waals surface area contributed by atoms with Gasteiger partial charge in [-0.1, -0.05) is 42.5 Å². The Bertz CT molecular complexity index is 481. The summed E-state index contributed by atoms with van der Waals surface area (Å²) in [7, 11) is 0. The molecule has 112 valence electrons. The van der Waals surface area contributed by atoms with Crippen LogP contribution < -0.4 is 5.32 Å². The fourth-order valence-electron chi connectivity index (χ4n) is 2.61. The van der Waals surface area contributed by atoms with Crippen molar-refractivity contribution in [1.82, 2.24) is 10.2 Å². The molecule has 1 aliphatic rings. The van der Waals surface area contributed by atoms with Crippen LogP contribution in [0.15, 0.2) is 55.6 Å². The molecule has 1 N–H and O–H groups in total. The minimum absolute atomic E-state index is 0.0703. The number of carbonyl (C=O) groups excluding carboxylic acids is 1. The lowest BCUT2D eigenvalue weighted by Gasteiger charge is -2.20. The summed E-state index contributed by atoms with van der Waals surface area (Å²) in [5, 5.41) is 3.08. The summed E-state index contributed by atoms with van der Waals surface area (Å²) >= 11 is 0. The highest BCUT2D eigenvalue weighted by Gasteiger charge is 2.44. The first-order valence-electron chi connectivity index (χ1n) is 7.46. The highest BCUT2D eigenvalue weighted by atomic mass is 16.2. The topological polar surface area (TPSA) is 32.3 Å². The maximum absolute atomic E-state index is 12.1. The van der Waals surface area contributed by atoms with Crippen LogP contribution in [0.25, 0.3) is 0 Å². The molecule has 2 rings (SSSR count). The van der Waals surface area contributed by atoms with E-state index in [1.165, 1.54) is 5.56 Å². The Hall–Kier alpha value is -1.87. The largest absolute Gasteiger partial charge is 0.354 e. The number of rotatable bonds is 9. The number of nitrogens with zero attached hydrogens (tertiary/aromatic N) is 1. The lowest BCUT2D eigenvalue weighted by atomic mass is 9.96. The second kappa shape index (κ2) is 7.23. The smallest absolute Gasteiger partial charge is 0.234 e. The number of amides is 1. The molecule has 1 aliphatic carbocycles. The molecule has 0 spiro atoms. The molecule has 0 radical (unpaired) electrons. The van der Waals surface area contributed by atoms with Crippen molar-refractivity contribution in [3.05, 3.63) is 61.2 Å². The monoisotopic (exact) mass is 284 g/mol. The average Bonchev–Trinajstić information content (AvgIpc) is 3.28. The summed E-state index contributed by atoms with van der Waals surface area (Å²) in [5.74, 6) is 0.0703. The number of carbonyl (C=O) groups is 1. The zero-order valence-corrected chi connectivity index (χ0v) is 12.6. The van der Waals surface area contributed by atoms with Crippen molar-refractivity contribution >= 4 is 5.91 Å². The molecule has 0 bridgehead atoms. The molecule has 0 atom stereocenters. The third kappa shape index (κ3) is 4.30. The first-order chi connectivity index (χ1) is 10.2.